The van der Waals surface area contributed by atoms with Gasteiger partial charge >= 0.3 is 19.8 Å². The summed E-state index contributed by atoms with van der Waals surface area (Å²) in [6, 6.07) is 28.1. The Hall–Kier alpha value is -1.34. The van der Waals surface area contributed by atoms with Crippen LogP contribution in [0.3, 0.4) is 0 Å². The van der Waals surface area contributed by atoms with Crippen LogP contribution in [-0.4, -0.2) is 4.98 Å². The molecule has 0 bridgehead atoms. The standard InChI is InChI=1S/C18H15NP.Os/c1-3-8-15(9-4-1)14-16-10-7-13-18(19-16)20-17-11-5-2-6-12-17;/h1-8,10-13,20H,14H2;/q-1;+1. The topological polar surface area (TPSA) is 12.9 Å². The molecule has 1 aromatic heterocycles. The van der Waals surface area contributed by atoms with Gasteiger partial charge in [-0.2, -0.15) is 35.9 Å². The van der Waals surface area contributed by atoms with Crippen molar-refractivity contribution in [1.82, 2.24) is 4.98 Å². The van der Waals surface area contributed by atoms with Crippen molar-refractivity contribution in [3.05, 3.63) is 90.1 Å². The average molecular weight is 467 g/mol. The Morgan fingerprint density at radius 1 is 0.857 bits per heavy atom. The quantitative estimate of drug-likeness (QED) is 0.426. The summed E-state index contributed by atoms with van der Waals surface area (Å²) in [7, 11) is 0.613. The molecule has 3 heteroatoms. The molecular weight excluding hydrogens is 451 g/mol. The molecular formula is C18H15NOsP. The Balaban J connectivity index is 0.00000161. The van der Waals surface area contributed by atoms with Crippen LogP contribution in [0.15, 0.2) is 72.8 Å². The molecule has 0 amide bonds. The van der Waals surface area contributed by atoms with Gasteiger partial charge in [0.1, 0.15) is 0 Å². The molecule has 0 aliphatic heterocycles. The zero-order valence-corrected chi connectivity index (χ0v) is 15.0. The van der Waals surface area contributed by atoms with Crippen molar-refractivity contribution in [2.24, 2.45) is 0 Å². The average Bonchev–Trinajstić information content (AvgIpc) is 2.50. The number of hydrogen-bond acceptors (Lipinski definition) is 1. The smallest absolute Gasteiger partial charge is 0.253 e. The number of benzene rings is 2. The maximum absolute atomic E-state index is 4.76. The Bertz CT molecular complexity index is 614. The van der Waals surface area contributed by atoms with Crippen molar-refractivity contribution < 1.29 is 19.8 Å². The second-order valence-electron chi connectivity index (χ2n) is 4.57. The molecule has 1 atom stereocenters. The van der Waals surface area contributed by atoms with Gasteiger partial charge in [-0.1, -0.05) is 36.4 Å². The summed E-state index contributed by atoms with van der Waals surface area (Å²) in [6.07, 6.45) is 0.841. The normalized spacial score (nSPS) is 10.5. The predicted molar refractivity (Wildman–Crippen MR) is 86.3 cm³/mol. The number of aromatic nitrogens is 1. The van der Waals surface area contributed by atoms with E-state index in [2.05, 4.69) is 54.6 Å². The van der Waals surface area contributed by atoms with Gasteiger partial charge in [0, 0.05) is 5.69 Å². The molecule has 2 aromatic carbocycles. The summed E-state index contributed by atoms with van der Waals surface area (Å²) in [6.45, 7) is 0. The largest absolute Gasteiger partial charge is 1.00 e. The Morgan fingerprint density at radius 3 is 2.43 bits per heavy atom. The van der Waals surface area contributed by atoms with E-state index in [1.54, 1.807) is 0 Å². The van der Waals surface area contributed by atoms with E-state index in [-0.39, 0.29) is 19.8 Å². The minimum atomic E-state index is 0. The van der Waals surface area contributed by atoms with Crippen molar-refractivity contribution in [1.29, 1.82) is 0 Å². The van der Waals surface area contributed by atoms with E-state index in [4.69, 9.17) is 4.98 Å². The van der Waals surface area contributed by atoms with Crippen molar-refractivity contribution in [3.63, 3.8) is 0 Å². The SMILES string of the molecule is [Os+].[c-]1ccccc1Cc1cccc(Pc2ccccc2)n1. The van der Waals surface area contributed by atoms with Gasteiger partial charge in [-0.15, -0.1) is 0 Å². The Labute approximate surface area is 140 Å². The molecule has 1 unspecified atom stereocenters. The number of pyridine rings is 1. The molecule has 3 aromatic rings. The summed E-state index contributed by atoms with van der Waals surface area (Å²) in [5.41, 5.74) is 3.43. The first-order valence-corrected chi connectivity index (χ1v) is 7.64. The van der Waals surface area contributed by atoms with Gasteiger partial charge < -0.3 is 0 Å². The van der Waals surface area contributed by atoms with E-state index in [0.29, 0.717) is 8.58 Å². The van der Waals surface area contributed by atoms with E-state index in [0.717, 1.165) is 17.5 Å². The fraction of sp³-hybridized carbons (Fsp3) is 0.0556. The molecule has 0 aliphatic rings. The van der Waals surface area contributed by atoms with Crippen LogP contribution in [0.5, 0.6) is 0 Å². The van der Waals surface area contributed by atoms with Crippen LogP contribution in [0.2, 0.25) is 0 Å². The minimum absolute atomic E-state index is 0. The Kier molecular flexibility index (Phi) is 6.25. The van der Waals surface area contributed by atoms with Gasteiger partial charge in [0.15, 0.2) is 0 Å². The van der Waals surface area contributed by atoms with Crippen LogP contribution < -0.4 is 10.7 Å². The molecule has 0 N–H and O–H groups in total. The van der Waals surface area contributed by atoms with Crippen molar-refractivity contribution >= 4 is 19.3 Å². The fourth-order valence-electron chi connectivity index (χ4n) is 2.05. The van der Waals surface area contributed by atoms with E-state index >= 15 is 0 Å². The first-order valence-electron chi connectivity index (χ1n) is 6.64. The molecule has 0 spiro atoms. The first kappa shape index (κ1) is 16.0. The fourth-order valence-corrected chi connectivity index (χ4v) is 3.09. The molecule has 1 nitrogen and oxygen atoms in total. The van der Waals surface area contributed by atoms with Gasteiger partial charge in [-0.3, -0.25) is 4.98 Å². The van der Waals surface area contributed by atoms with E-state index in [1.807, 2.05) is 24.3 Å². The Morgan fingerprint density at radius 2 is 1.67 bits per heavy atom. The van der Waals surface area contributed by atoms with E-state index < -0.39 is 0 Å². The molecule has 0 fully saturated rings. The second kappa shape index (κ2) is 8.19. The summed E-state index contributed by atoms with van der Waals surface area (Å²) in [5.74, 6) is 0. The molecule has 105 valence electrons. The third kappa shape index (κ3) is 4.85. The monoisotopic (exact) mass is 468 g/mol. The third-order valence-corrected chi connectivity index (χ3v) is 4.15. The molecule has 1 radical (unpaired) electrons. The van der Waals surface area contributed by atoms with Gasteiger partial charge in [-0.05, 0) is 32.4 Å². The second-order valence-corrected chi connectivity index (χ2v) is 5.91. The molecule has 0 aliphatic carbocycles. The van der Waals surface area contributed by atoms with Gasteiger partial charge in [0.05, 0.1) is 5.44 Å². The summed E-state index contributed by atoms with van der Waals surface area (Å²) in [5, 5.41) is 1.32. The van der Waals surface area contributed by atoms with Crippen molar-refractivity contribution in [2.45, 2.75) is 6.42 Å². The minimum Gasteiger partial charge on any atom is -0.253 e. The van der Waals surface area contributed by atoms with Crippen LogP contribution in [0.1, 0.15) is 11.3 Å². The van der Waals surface area contributed by atoms with Crippen molar-refractivity contribution in [2.75, 3.05) is 0 Å². The molecule has 0 saturated heterocycles. The van der Waals surface area contributed by atoms with Crippen LogP contribution in [0.25, 0.3) is 0 Å². The van der Waals surface area contributed by atoms with Crippen LogP contribution in [0, 0.1) is 6.07 Å². The number of rotatable bonds is 4. The molecule has 0 saturated carbocycles. The first-order chi connectivity index (χ1) is 9.90. The summed E-state index contributed by atoms with van der Waals surface area (Å²) in [4.78, 5) is 4.76. The summed E-state index contributed by atoms with van der Waals surface area (Å²) >= 11 is 0. The van der Waals surface area contributed by atoms with E-state index in [9.17, 15) is 0 Å². The predicted octanol–water partition coefficient (Wildman–Crippen LogP) is 3.10. The van der Waals surface area contributed by atoms with Gasteiger partial charge in [0.25, 0.3) is 0 Å². The van der Waals surface area contributed by atoms with Crippen molar-refractivity contribution in [3.8, 4) is 0 Å². The number of hydrogen-bond donors (Lipinski definition) is 0. The maximum atomic E-state index is 4.76. The van der Waals surface area contributed by atoms with Crippen LogP contribution in [-0.2, 0) is 26.2 Å². The van der Waals surface area contributed by atoms with Gasteiger partial charge in [-0.25, -0.2) is 0 Å². The third-order valence-electron chi connectivity index (χ3n) is 3.00. The van der Waals surface area contributed by atoms with Crippen LogP contribution >= 0.6 is 8.58 Å². The molecule has 21 heavy (non-hydrogen) atoms. The zero-order valence-electron chi connectivity index (χ0n) is 11.4. The maximum Gasteiger partial charge on any atom is 1.00 e. The van der Waals surface area contributed by atoms with Gasteiger partial charge in [0.2, 0.25) is 0 Å². The van der Waals surface area contributed by atoms with Crippen LogP contribution in [0.4, 0.5) is 0 Å². The molecule has 3 rings (SSSR count). The zero-order chi connectivity index (χ0) is 13.6. The molecule has 1 heterocycles. The number of nitrogens with zero attached hydrogens (tertiary/aromatic N) is 1. The summed E-state index contributed by atoms with van der Waals surface area (Å²) < 4.78 is 0. The van der Waals surface area contributed by atoms with E-state index in [1.165, 1.54) is 10.9 Å².